The summed E-state index contributed by atoms with van der Waals surface area (Å²) >= 11 is 0. The molecule has 1 aromatic heterocycles. The number of benzene rings is 1. The van der Waals surface area contributed by atoms with Crippen LogP contribution in [0.25, 0.3) is 0 Å². The van der Waals surface area contributed by atoms with E-state index in [-0.39, 0.29) is 11.8 Å². The minimum absolute atomic E-state index is 0.192. The Kier molecular flexibility index (Phi) is 6.04. The highest BCUT2D eigenvalue weighted by molar-refractivity contribution is 6.05. The Balaban J connectivity index is 1.79. The third kappa shape index (κ3) is 4.12. The van der Waals surface area contributed by atoms with Gasteiger partial charge in [-0.1, -0.05) is 38.0 Å². The molecule has 26 heavy (non-hydrogen) atoms. The molecule has 138 valence electrons. The first-order valence-electron chi connectivity index (χ1n) is 9.44. The second kappa shape index (κ2) is 8.65. The fourth-order valence-corrected chi connectivity index (χ4v) is 3.27. The number of hydrogen-bond acceptors (Lipinski definition) is 3. The molecule has 0 bridgehead atoms. The summed E-state index contributed by atoms with van der Waals surface area (Å²) in [4.78, 5) is 29.7. The predicted molar refractivity (Wildman–Crippen MR) is 101 cm³/mol. The third-order valence-electron chi connectivity index (χ3n) is 4.63. The topological polar surface area (TPSA) is 76.0 Å². The van der Waals surface area contributed by atoms with Crippen molar-refractivity contribution in [2.24, 2.45) is 0 Å². The van der Waals surface area contributed by atoms with Crippen molar-refractivity contribution in [2.45, 2.75) is 52.0 Å². The van der Waals surface area contributed by atoms with Crippen LogP contribution in [0.15, 0.2) is 30.3 Å². The summed E-state index contributed by atoms with van der Waals surface area (Å²) in [6.07, 6.45) is 5.93. The summed E-state index contributed by atoms with van der Waals surface area (Å²) in [6.45, 7) is 3.50. The molecule has 3 rings (SSSR count). The van der Waals surface area contributed by atoms with E-state index in [1.54, 1.807) is 0 Å². The number of carbonyl (C=O) groups is 2. The number of nitrogens with zero attached hydrogens (tertiary/aromatic N) is 2. The van der Waals surface area contributed by atoms with E-state index in [1.165, 1.54) is 0 Å². The van der Waals surface area contributed by atoms with Gasteiger partial charge in [0, 0.05) is 18.8 Å². The Hall–Kier alpha value is -2.63. The molecule has 0 radical (unpaired) electrons. The molecular weight excluding hydrogens is 328 g/mol. The average molecular weight is 354 g/mol. The SMILES string of the molecule is CCCCCNC(=O)c1nc(C(=O)Nc2ccccc2)c2n1CCCC2. The van der Waals surface area contributed by atoms with Crippen LogP contribution in [0.4, 0.5) is 5.69 Å². The third-order valence-corrected chi connectivity index (χ3v) is 4.63. The Morgan fingerprint density at radius 1 is 1.12 bits per heavy atom. The average Bonchev–Trinajstić information content (AvgIpc) is 3.06. The molecule has 0 fully saturated rings. The maximum atomic E-state index is 12.7. The Morgan fingerprint density at radius 3 is 2.69 bits per heavy atom. The molecular formula is C20H26N4O2. The minimum Gasteiger partial charge on any atom is -0.349 e. The highest BCUT2D eigenvalue weighted by atomic mass is 16.2. The molecule has 1 aliphatic rings. The normalized spacial score (nSPS) is 13.1. The maximum absolute atomic E-state index is 12.7. The molecule has 6 heteroatoms. The van der Waals surface area contributed by atoms with E-state index in [0.717, 1.165) is 56.5 Å². The van der Waals surface area contributed by atoms with E-state index < -0.39 is 0 Å². The molecule has 0 aliphatic carbocycles. The number of imidazole rings is 1. The van der Waals surface area contributed by atoms with Crippen LogP contribution in [0, 0.1) is 0 Å². The lowest BCUT2D eigenvalue weighted by Crippen LogP contribution is -2.28. The van der Waals surface area contributed by atoms with Crippen LogP contribution in [0.1, 0.15) is 65.8 Å². The van der Waals surface area contributed by atoms with Gasteiger partial charge in [0.1, 0.15) is 0 Å². The second-order valence-corrected chi connectivity index (χ2v) is 6.62. The van der Waals surface area contributed by atoms with Gasteiger partial charge < -0.3 is 15.2 Å². The van der Waals surface area contributed by atoms with Crippen molar-refractivity contribution in [1.29, 1.82) is 0 Å². The summed E-state index contributed by atoms with van der Waals surface area (Å²) in [5, 5.41) is 5.81. The van der Waals surface area contributed by atoms with Crippen molar-refractivity contribution in [2.75, 3.05) is 11.9 Å². The van der Waals surface area contributed by atoms with Gasteiger partial charge in [0.05, 0.1) is 5.69 Å². The largest absolute Gasteiger partial charge is 0.349 e. The summed E-state index contributed by atoms with van der Waals surface area (Å²) in [6, 6.07) is 9.31. The number of amides is 2. The van der Waals surface area contributed by atoms with Crippen molar-refractivity contribution < 1.29 is 9.59 Å². The van der Waals surface area contributed by atoms with Gasteiger partial charge in [-0.3, -0.25) is 9.59 Å². The summed E-state index contributed by atoms with van der Waals surface area (Å²) in [5.74, 6) is -0.0932. The van der Waals surface area contributed by atoms with E-state index in [2.05, 4.69) is 22.5 Å². The summed E-state index contributed by atoms with van der Waals surface area (Å²) in [7, 11) is 0. The van der Waals surface area contributed by atoms with Gasteiger partial charge in [-0.25, -0.2) is 4.98 Å². The van der Waals surface area contributed by atoms with Gasteiger partial charge in [0.25, 0.3) is 11.8 Å². The molecule has 1 aliphatic heterocycles. The Morgan fingerprint density at radius 2 is 1.92 bits per heavy atom. The van der Waals surface area contributed by atoms with E-state index >= 15 is 0 Å². The highest BCUT2D eigenvalue weighted by Crippen LogP contribution is 2.22. The van der Waals surface area contributed by atoms with E-state index in [0.29, 0.717) is 18.1 Å². The predicted octanol–water partition coefficient (Wildman–Crippen LogP) is 3.39. The fraction of sp³-hybridized carbons (Fsp3) is 0.450. The molecule has 0 saturated heterocycles. The van der Waals surface area contributed by atoms with Crippen LogP contribution >= 0.6 is 0 Å². The monoisotopic (exact) mass is 354 g/mol. The molecule has 0 atom stereocenters. The number of carbonyl (C=O) groups excluding carboxylic acids is 2. The molecule has 2 amide bonds. The molecule has 0 unspecified atom stereocenters. The highest BCUT2D eigenvalue weighted by Gasteiger charge is 2.27. The summed E-state index contributed by atoms with van der Waals surface area (Å²) in [5.41, 5.74) is 1.95. The van der Waals surface area contributed by atoms with Crippen molar-refractivity contribution in [3.8, 4) is 0 Å². The zero-order chi connectivity index (χ0) is 18.4. The van der Waals surface area contributed by atoms with Crippen molar-refractivity contribution in [1.82, 2.24) is 14.9 Å². The van der Waals surface area contributed by atoms with Gasteiger partial charge in [-0.2, -0.15) is 0 Å². The summed E-state index contributed by atoms with van der Waals surface area (Å²) < 4.78 is 1.92. The van der Waals surface area contributed by atoms with Crippen molar-refractivity contribution in [3.05, 3.63) is 47.5 Å². The van der Waals surface area contributed by atoms with E-state index in [1.807, 2.05) is 34.9 Å². The van der Waals surface area contributed by atoms with Gasteiger partial charge in [-0.05, 0) is 37.8 Å². The lowest BCUT2D eigenvalue weighted by atomic mass is 10.1. The first kappa shape index (κ1) is 18.2. The van der Waals surface area contributed by atoms with E-state index in [4.69, 9.17) is 0 Å². The smallest absolute Gasteiger partial charge is 0.287 e. The zero-order valence-electron chi connectivity index (χ0n) is 15.3. The Labute approximate surface area is 154 Å². The van der Waals surface area contributed by atoms with Gasteiger partial charge in [0.15, 0.2) is 11.5 Å². The fourth-order valence-electron chi connectivity index (χ4n) is 3.27. The first-order valence-corrected chi connectivity index (χ1v) is 9.44. The van der Waals surface area contributed by atoms with Crippen LogP contribution in [-0.2, 0) is 13.0 Å². The van der Waals surface area contributed by atoms with Crippen molar-refractivity contribution in [3.63, 3.8) is 0 Å². The zero-order valence-corrected chi connectivity index (χ0v) is 15.3. The van der Waals surface area contributed by atoms with Crippen LogP contribution in [0.2, 0.25) is 0 Å². The maximum Gasteiger partial charge on any atom is 0.287 e. The lowest BCUT2D eigenvalue weighted by molar-refractivity contribution is 0.0937. The van der Waals surface area contributed by atoms with Crippen LogP contribution in [0.5, 0.6) is 0 Å². The van der Waals surface area contributed by atoms with E-state index in [9.17, 15) is 9.59 Å². The Bertz CT molecular complexity index is 768. The molecule has 0 spiro atoms. The molecule has 6 nitrogen and oxygen atoms in total. The first-order chi connectivity index (χ1) is 12.7. The number of para-hydroxylation sites is 1. The van der Waals surface area contributed by atoms with Gasteiger partial charge in [-0.15, -0.1) is 0 Å². The molecule has 2 aromatic rings. The standard InChI is InChI=1S/C20H26N4O2/c1-2-3-8-13-21-20(26)18-23-17(16-12-7-9-14-24(16)18)19(25)22-15-10-5-4-6-11-15/h4-6,10-11H,2-3,7-9,12-14H2,1H3,(H,21,26)(H,22,25). The molecule has 1 aromatic carbocycles. The number of anilines is 1. The quantitative estimate of drug-likeness (QED) is 0.748. The molecule has 2 heterocycles. The number of fused-ring (bicyclic) bond motifs is 1. The lowest BCUT2D eigenvalue weighted by Gasteiger charge is -2.17. The number of hydrogen-bond donors (Lipinski definition) is 2. The number of unbranched alkanes of at least 4 members (excludes halogenated alkanes) is 2. The minimum atomic E-state index is -0.258. The number of aromatic nitrogens is 2. The van der Waals surface area contributed by atoms with Crippen molar-refractivity contribution >= 4 is 17.5 Å². The van der Waals surface area contributed by atoms with Crippen LogP contribution < -0.4 is 10.6 Å². The van der Waals surface area contributed by atoms with Crippen LogP contribution in [-0.4, -0.2) is 27.9 Å². The van der Waals surface area contributed by atoms with Crippen LogP contribution in [0.3, 0.4) is 0 Å². The molecule has 2 N–H and O–H groups in total. The number of nitrogens with one attached hydrogen (secondary N) is 2. The van der Waals surface area contributed by atoms with Gasteiger partial charge in [0.2, 0.25) is 0 Å². The second-order valence-electron chi connectivity index (χ2n) is 6.62. The van der Waals surface area contributed by atoms with Gasteiger partial charge >= 0.3 is 0 Å². The molecule has 0 saturated carbocycles. The number of rotatable bonds is 7.